The van der Waals surface area contributed by atoms with E-state index >= 15 is 0 Å². The molecular formula is C15H19ClN4S. The Bertz CT molecular complexity index is 598. The Kier molecular flexibility index (Phi) is 5.70. The first-order valence-electron chi connectivity index (χ1n) is 6.83. The molecule has 6 heteroatoms. The third-order valence-electron chi connectivity index (χ3n) is 2.92. The SMILES string of the molecule is CCCNc1cc(Nc2c(C)cccc2Cl)nc(SC)n1. The monoisotopic (exact) mass is 322 g/mol. The molecule has 1 heterocycles. The maximum Gasteiger partial charge on any atom is 0.191 e. The standard InChI is InChI=1S/C15H19ClN4S/c1-4-8-17-12-9-13(20-15(19-12)21-3)18-14-10(2)6-5-7-11(14)16/h5-7,9H,4,8H2,1-3H3,(H2,17,18,19,20). The molecule has 0 aliphatic heterocycles. The minimum Gasteiger partial charge on any atom is -0.370 e. The molecule has 0 saturated heterocycles. The number of benzene rings is 1. The highest BCUT2D eigenvalue weighted by atomic mass is 35.5. The Hall–Kier alpha value is -1.46. The average molecular weight is 323 g/mol. The van der Waals surface area contributed by atoms with Crippen LogP contribution in [0, 0.1) is 6.92 Å². The summed E-state index contributed by atoms with van der Waals surface area (Å²) in [7, 11) is 0. The summed E-state index contributed by atoms with van der Waals surface area (Å²) in [5.41, 5.74) is 1.96. The molecule has 0 amide bonds. The van der Waals surface area contributed by atoms with Gasteiger partial charge in [-0.05, 0) is 31.2 Å². The molecule has 2 rings (SSSR count). The highest BCUT2D eigenvalue weighted by Gasteiger charge is 2.08. The predicted octanol–water partition coefficient (Wildman–Crippen LogP) is 4.73. The zero-order valence-electron chi connectivity index (χ0n) is 12.4. The van der Waals surface area contributed by atoms with E-state index in [2.05, 4.69) is 27.5 Å². The van der Waals surface area contributed by atoms with Crippen LogP contribution in [0.25, 0.3) is 0 Å². The fourth-order valence-electron chi connectivity index (χ4n) is 1.84. The quantitative estimate of drug-likeness (QED) is 0.595. The lowest BCUT2D eigenvalue weighted by Gasteiger charge is -2.13. The second kappa shape index (κ2) is 7.52. The molecule has 0 aliphatic carbocycles. The van der Waals surface area contributed by atoms with Crippen LogP contribution in [0.15, 0.2) is 29.4 Å². The fraction of sp³-hybridized carbons (Fsp3) is 0.333. The Morgan fingerprint density at radius 1 is 1.24 bits per heavy atom. The van der Waals surface area contributed by atoms with E-state index in [1.807, 2.05) is 37.4 Å². The number of aryl methyl sites for hydroxylation is 1. The Morgan fingerprint density at radius 3 is 2.67 bits per heavy atom. The van der Waals surface area contributed by atoms with Crippen molar-refractivity contribution in [2.75, 3.05) is 23.4 Å². The van der Waals surface area contributed by atoms with Crippen molar-refractivity contribution in [1.82, 2.24) is 9.97 Å². The molecule has 2 N–H and O–H groups in total. The lowest BCUT2D eigenvalue weighted by atomic mass is 10.2. The van der Waals surface area contributed by atoms with Crippen LogP contribution in [0.5, 0.6) is 0 Å². The summed E-state index contributed by atoms with van der Waals surface area (Å²) in [6.45, 7) is 5.02. The van der Waals surface area contributed by atoms with Crippen molar-refractivity contribution >= 4 is 40.7 Å². The van der Waals surface area contributed by atoms with Crippen LogP contribution in [-0.2, 0) is 0 Å². The minimum atomic E-state index is 0.683. The Labute approximate surface area is 134 Å². The topological polar surface area (TPSA) is 49.8 Å². The van der Waals surface area contributed by atoms with E-state index in [0.29, 0.717) is 5.02 Å². The van der Waals surface area contributed by atoms with Crippen LogP contribution in [-0.4, -0.2) is 22.8 Å². The fourth-order valence-corrected chi connectivity index (χ4v) is 2.49. The summed E-state index contributed by atoms with van der Waals surface area (Å²) in [5.74, 6) is 1.56. The Balaban J connectivity index is 2.30. The minimum absolute atomic E-state index is 0.683. The van der Waals surface area contributed by atoms with Gasteiger partial charge in [0.15, 0.2) is 5.16 Å². The van der Waals surface area contributed by atoms with E-state index in [1.165, 1.54) is 11.8 Å². The summed E-state index contributed by atoms with van der Waals surface area (Å²) in [6, 6.07) is 7.72. The molecule has 4 nitrogen and oxygen atoms in total. The summed E-state index contributed by atoms with van der Waals surface area (Å²) in [5, 5.41) is 7.99. The zero-order valence-corrected chi connectivity index (χ0v) is 14.0. The summed E-state index contributed by atoms with van der Waals surface area (Å²) >= 11 is 7.76. The van der Waals surface area contributed by atoms with Crippen molar-refractivity contribution in [1.29, 1.82) is 0 Å². The van der Waals surface area contributed by atoms with Crippen LogP contribution >= 0.6 is 23.4 Å². The molecule has 2 aromatic rings. The van der Waals surface area contributed by atoms with Crippen molar-refractivity contribution in [3.63, 3.8) is 0 Å². The van der Waals surface area contributed by atoms with Gasteiger partial charge in [-0.25, -0.2) is 9.97 Å². The first-order chi connectivity index (χ1) is 10.1. The van der Waals surface area contributed by atoms with Gasteiger partial charge in [-0.2, -0.15) is 0 Å². The lowest BCUT2D eigenvalue weighted by Crippen LogP contribution is -2.05. The zero-order chi connectivity index (χ0) is 15.2. The number of para-hydroxylation sites is 1. The van der Waals surface area contributed by atoms with Crippen molar-refractivity contribution < 1.29 is 0 Å². The normalized spacial score (nSPS) is 10.5. The predicted molar refractivity (Wildman–Crippen MR) is 92.1 cm³/mol. The van der Waals surface area contributed by atoms with E-state index in [0.717, 1.165) is 41.0 Å². The van der Waals surface area contributed by atoms with Crippen molar-refractivity contribution in [2.24, 2.45) is 0 Å². The number of thioether (sulfide) groups is 1. The largest absolute Gasteiger partial charge is 0.370 e. The van der Waals surface area contributed by atoms with Gasteiger partial charge in [0.2, 0.25) is 0 Å². The van der Waals surface area contributed by atoms with E-state index < -0.39 is 0 Å². The smallest absolute Gasteiger partial charge is 0.191 e. The number of rotatable bonds is 6. The van der Waals surface area contributed by atoms with Crippen LogP contribution < -0.4 is 10.6 Å². The van der Waals surface area contributed by atoms with Gasteiger partial charge in [-0.3, -0.25) is 0 Å². The molecule has 0 aliphatic rings. The van der Waals surface area contributed by atoms with Gasteiger partial charge in [-0.1, -0.05) is 42.4 Å². The van der Waals surface area contributed by atoms with Gasteiger partial charge >= 0.3 is 0 Å². The summed E-state index contributed by atoms with van der Waals surface area (Å²) in [4.78, 5) is 8.92. The van der Waals surface area contributed by atoms with Gasteiger partial charge in [0.1, 0.15) is 11.6 Å². The van der Waals surface area contributed by atoms with Crippen LogP contribution in [0.4, 0.5) is 17.3 Å². The van der Waals surface area contributed by atoms with Crippen LogP contribution in [0.2, 0.25) is 5.02 Å². The first-order valence-corrected chi connectivity index (χ1v) is 8.43. The number of hydrogen-bond donors (Lipinski definition) is 2. The highest BCUT2D eigenvalue weighted by Crippen LogP contribution is 2.29. The molecule has 0 unspecified atom stereocenters. The van der Waals surface area contributed by atoms with Gasteiger partial charge in [0.25, 0.3) is 0 Å². The van der Waals surface area contributed by atoms with Crippen LogP contribution in [0.3, 0.4) is 0 Å². The molecular weight excluding hydrogens is 304 g/mol. The third kappa shape index (κ3) is 4.25. The third-order valence-corrected chi connectivity index (χ3v) is 3.78. The number of halogens is 1. The molecule has 0 bridgehead atoms. The molecule has 0 fully saturated rings. The first kappa shape index (κ1) is 15.9. The van der Waals surface area contributed by atoms with Crippen LogP contribution in [0.1, 0.15) is 18.9 Å². The van der Waals surface area contributed by atoms with Gasteiger partial charge < -0.3 is 10.6 Å². The maximum absolute atomic E-state index is 6.25. The second-order valence-corrected chi connectivity index (χ2v) is 5.79. The maximum atomic E-state index is 6.25. The second-order valence-electron chi connectivity index (χ2n) is 4.61. The lowest BCUT2D eigenvalue weighted by molar-refractivity contribution is 0.929. The molecule has 0 spiro atoms. The number of anilines is 3. The molecule has 1 aromatic carbocycles. The number of hydrogen-bond acceptors (Lipinski definition) is 5. The van der Waals surface area contributed by atoms with Gasteiger partial charge in [0, 0.05) is 12.6 Å². The van der Waals surface area contributed by atoms with Crippen molar-refractivity contribution in [2.45, 2.75) is 25.4 Å². The number of nitrogens with zero attached hydrogens (tertiary/aromatic N) is 2. The summed E-state index contributed by atoms with van der Waals surface area (Å²) < 4.78 is 0. The van der Waals surface area contributed by atoms with Crippen molar-refractivity contribution in [3.05, 3.63) is 34.9 Å². The number of aromatic nitrogens is 2. The van der Waals surface area contributed by atoms with E-state index in [1.54, 1.807) is 0 Å². The summed E-state index contributed by atoms with van der Waals surface area (Å²) in [6.07, 6.45) is 3.01. The molecule has 0 saturated carbocycles. The van der Waals surface area contributed by atoms with E-state index in [9.17, 15) is 0 Å². The molecule has 1 aromatic heterocycles. The highest BCUT2D eigenvalue weighted by molar-refractivity contribution is 7.98. The van der Waals surface area contributed by atoms with E-state index in [4.69, 9.17) is 11.6 Å². The number of nitrogens with one attached hydrogen (secondary N) is 2. The molecule has 21 heavy (non-hydrogen) atoms. The Morgan fingerprint density at radius 2 is 2.00 bits per heavy atom. The molecule has 0 atom stereocenters. The van der Waals surface area contributed by atoms with Gasteiger partial charge in [0.05, 0.1) is 10.7 Å². The molecule has 112 valence electrons. The average Bonchev–Trinajstić information content (AvgIpc) is 2.49. The van der Waals surface area contributed by atoms with Crippen molar-refractivity contribution in [3.8, 4) is 0 Å². The van der Waals surface area contributed by atoms with Gasteiger partial charge in [-0.15, -0.1) is 0 Å². The van der Waals surface area contributed by atoms with E-state index in [-0.39, 0.29) is 0 Å². The molecule has 0 radical (unpaired) electrons.